The van der Waals surface area contributed by atoms with E-state index in [1.165, 1.54) is 12.1 Å². The number of carbonyl (C=O) groups excluding carboxylic acids is 1. The van der Waals surface area contributed by atoms with Crippen molar-refractivity contribution in [2.24, 2.45) is 0 Å². The van der Waals surface area contributed by atoms with Crippen LogP contribution in [0.1, 0.15) is 18.5 Å². The number of hydrogen-bond donors (Lipinski definition) is 2. The number of nitrogens with one attached hydrogen (secondary N) is 2. The van der Waals surface area contributed by atoms with Gasteiger partial charge in [0.2, 0.25) is 0 Å². The van der Waals surface area contributed by atoms with Crippen LogP contribution in [-0.2, 0) is 0 Å². The van der Waals surface area contributed by atoms with Gasteiger partial charge in [-0.25, -0.2) is 9.18 Å². The van der Waals surface area contributed by atoms with Crippen molar-refractivity contribution >= 4 is 11.7 Å². The number of hydrogen-bond acceptors (Lipinski definition) is 3. The highest BCUT2D eigenvalue weighted by molar-refractivity contribution is 5.89. The monoisotopic (exact) mass is 318 g/mol. The molecule has 0 aliphatic carbocycles. The molecule has 0 radical (unpaired) electrons. The average molecular weight is 318 g/mol. The molecule has 0 aliphatic heterocycles. The van der Waals surface area contributed by atoms with Gasteiger partial charge in [-0.2, -0.15) is 0 Å². The van der Waals surface area contributed by atoms with Gasteiger partial charge in [0.15, 0.2) is 11.5 Å². The smallest absolute Gasteiger partial charge is 0.319 e. The number of carbonyl (C=O) groups is 1. The van der Waals surface area contributed by atoms with Crippen molar-refractivity contribution in [2.45, 2.75) is 13.0 Å². The second-order valence-electron chi connectivity index (χ2n) is 4.91. The molecule has 0 bridgehead atoms. The molecule has 1 unspecified atom stereocenters. The van der Waals surface area contributed by atoms with Crippen LogP contribution in [0, 0.1) is 5.82 Å². The molecule has 122 valence electrons. The van der Waals surface area contributed by atoms with Gasteiger partial charge in [-0.3, -0.25) is 0 Å². The summed E-state index contributed by atoms with van der Waals surface area (Å²) in [5.74, 6) is 0.703. The number of methoxy groups -OCH3 is 2. The zero-order chi connectivity index (χ0) is 16.8. The van der Waals surface area contributed by atoms with Crippen LogP contribution in [0.25, 0.3) is 0 Å². The van der Waals surface area contributed by atoms with Crippen LogP contribution in [-0.4, -0.2) is 20.3 Å². The molecule has 0 spiro atoms. The molecule has 1 atom stereocenters. The van der Waals surface area contributed by atoms with Gasteiger partial charge in [0, 0.05) is 0 Å². The zero-order valence-electron chi connectivity index (χ0n) is 13.2. The fraction of sp³-hybridized carbons (Fsp3) is 0.235. The molecule has 6 heteroatoms. The predicted molar refractivity (Wildman–Crippen MR) is 86.5 cm³/mol. The van der Waals surface area contributed by atoms with Gasteiger partial charge in [0.1, 0.15) is 5.82 Å². The van der Waals surface area contributed by atoms with Crippen molar-refractivity contribution in [3.63, 3.8) is 0 Å². The highest BCUT2D eigenvalue weighted by atomic mass is 19.1. The summed E-state index contributed by atoms with van der Waals surface area (Å²) in [6, 6.07) is 10.6. The van der Waals surface area contributed by atoms with Crippen molar-refractivity contribution in [2.75, 3.05) is 19.5 Å². The first kappa shape index (κ1) is 16.6. The topological polar surface area (TPSA) is 59.6 Å². The van der Waals surface area contributed by atoms with Gasteiger partial charge in [-0.05, 0) is 36.8 Å². The molecular weight excluding hydrogens is 299 g/mol. The molecule has 23 heavy (non-hydrogen) atoms. The summed E-state index contributed by atoms with van der Waals surface area (Å²) in [5.41, 5.74) is 0.968. The third kappa shape index (κ3) is 4.12. The third-order valence-corrected chi connectivity index (χ3v) is 3.38. The lowest BCUT2D eigenvalue weighted by atomic mass is 10.1. The van der Waals surface area contributed by atoms with Crippen LogP contribution < -0.4 is 20.1 Å². The van der Waals surface area contributed by atoms with Gasteiger partial charge in [-0.15, -0.1) is 0 Å². The number of urea groups is 1. The molecule has 2 aromatic carbocycles. The lowest BCUT2D eigenvalue weighted by Crippen LogP contribution is -2.31. The first-order valence-electron chi connectivity index (χ1n) is 7.09. The Labute approximate surface area is 134 Å². The number of anilines is 1. The van der Waals surface area contributed by atoms with E-state index in [9.17, 15) is 9.18 Å². The lowest BCUT2D eigenvalue weighted by Gasteiger charge is -2.17. The van der Waals surface area contributed by atoms with E-state index in [1.807, 2.05) is 13.0 Å². The van der Waals surface area contributed by atoms with Crippen molar-refractivity contribution in [1.82, 2.24) is 5.32 Å². The highest BCUT2D eigenvalue weighted by Gasteiger charge is 2.13. The summed E-state index contributed by atoms with van der Waals surface area (Å²) < 4.78 is 23.9. The first-order chi connectivity index (χ1) is 11.0. The quantitative estimate of drug-likeness (QED) is 0.883. The Bertz CT molecular complexity index is 691. The van der Waals surface area contributed by atoms with Gasteiger partial charge in [-0.1, -0.05) is 18.2 Å². The Morgan fingerprint density at radius 2 is 1.78 bits per heavy atom. The maximum atomic E-state index is 13.5. The van der Waals surface area contributed by atoms with E-state index in [-0.39, 0.29) is 11.7 Å². The molecular formula is C17H19FN2O3. The number of amides is 2. The Kier molecular flexibility index (Phi) is 5.41. The molecule has 0 fully saturated rings. The third-order valence-electron chi connectivity index (χ3n) is 3.38. The van der Waals surface area contributed by atoms with Gasteiger partial charge in [0.25, 0.3) is 0 Å². The summed E-state index contributed by atoms with van der Waals surface area (Å²) in [7, 11) is 3.10. The number of para-hydroxylation sites is 1. The SMILES string of the molecule is COc1ccc(C(C)NC(=O)Nc2ccccc2F)cc1OC. The van der Waals surface area contributed by atoms with E-state index >= 15 is 0 Å². The van der Waals surface area contributed by atoms with Crippen LogP contribution in [0.4, 0.5) is 14.9 Å². The van der Waals surface area contributed by atoms with E-state index in [2.05, 4.69) is 10.6 Å². The fourth-order valence-corrected chi connectivity index (χ4v) is 2.12. The second-order valence-corrected chi connectivity index (χ2v) is 4.91. The second kappa shape index (κ2) is 7.49. The van der Waals surface area contributed by atoms with E-state index in [0.717, 1.165) is 5.56 Å². The number of halogens is 1. The summed E-state index contributed by atoms with van der Waals surface area (Å²) in [5, 5.41) is 5.23. The predicted octanol–water partition coefficient (Wildman–Crippen LogP) is 3.73. The van der Waals surface area contributed by atoms with Gasteiger partial charge >= 0.3 is 6.03 Å². The summed E-state index contributed by atoms with van der Waals surface area (Å²) in [6.45, 7) is 1.82. The molecule has 5 nitrogen and oxygen atoms in total. The minimum absolute atomic E-state index is 0.129. The number of ether oxygens (including phenoxy) is 2. The van der Waals surface area contributed by atoms with E-state index in [0.29, 0.717) is 11.5 Å². The Hall–Kier alpha value is -2.76. The Balaban J connectivity index is 2.05. The first-order valence-corrected chi connectivity index (χ1v) is 7.09. The van der Waals surface area contributed by atoms with Crippen LogP contribution in [0.3, 0.4) is 0 Å². The Morgan fingerprint density at radius 3 is 2.43 bits per heavy atom. The number of benzene rings is 2. The van der Waals surface area contributed by atoms with Crippen LogP contribution in [0.15, 0.2) is 42.5 Å². The van der Waals surface area contributed by atoms with Gasteiger partial charge in [0.05, 0.1) is 25.9 Å². The molecule has 2 rings (SSSR count). The largest absolute Gasteiger partial charge is 0.493 e. The molecule has 0 aliphatic rings. The average Bonchev–Trinajstić information content (AvgIpc) is 2.56. The molecule has 0 heterocycles. The maximum absolute atomic E-state index is 13.5. The molecule has 2 amide bonds. The summed E-state index contributed by atoms with van der Waals surface area (Å²) >= 11 is 0. The fourth-order valence-electron chi connectivity index (χ4n) is 2.12. The standard InChI is InChI=1S/C17H19FN2O3/c1-11(12-8-9-15(22-2)16(10-12)23-3)19-17(21)20-14-7-5-4-6-13(14)18/h4-11H,1-3H3,(H2,19,20,21). The van der Waals surface area contributed by atoms with Gasteiger partial charge < -0.3 is 20.1 Å². The highest BCUT2D eigenvalue weighted by Crippen LogP contribution is 2.29. The minimum Gasteiger partial charge on any atom is -0.493 e. The van der Waals surface area contributed by atoms with Crippen LogP contribution in [0.2, 0.25) is 0 Å². The van der Waals surface area contributed by atoms with Crippen LogP contribution in [0.5, 0.6) is 11.5 Å². The molecule has 0 aromatic heterocycles. The van der Waals surface area contributed by atoms with Crippen molar-refractivity contribution in [3.8, 4) is 11.5 Å². The lowest BCUT2D eigenvalue weighted by molar-refractivity contribution is 0.249. The molecule has 0 saturated carbocycles. The molecule has 2 aromatic rings. The minimum atomic E-state index is -0.489. The normalized spacial score (nSPS) is 11.5. The van der Waals surface area contributed by atoms with E-state index < -0.39 is 11.8 Å². The van der Waals surface area contributed by atoms with Crippen molar-refractivity contribution in [3.05, 3.63) is 53.8 Å². The zero-order valence-corrected chi connectivity index (χ0v) is 13.2. The van der Waals surface area contributed by atoms with Crippen LogP contribution >= 0.6 is 0 Å². The molecule has 0 saturated heterocycles. The van der Waals surface area contributed by atoms with E-state index in [1.54, 1.807) is 38.5 Å². The summed E-state index contributed by atoms with van der Waals surface area (Å²) in [6.07, 6.45) is 0. The molecule has 2 N–H and O–H groups in total. The van der Waals surface area contributed by atoms with Crippen molar-refractivity contribution < 1.29 is 18.7 Å². The maximum Gasteiger partial charge on any atom is 0.319 e. The number of rotatable bonds is 5. The van der Waals surface area contributed by atoms with Crippen molar-refractivity contribution in [1.29, 1.82) is 0 Å². The Morgan fingerprint density at radius 1 is 1.09 bits per heavy atom. The van der Waals surface area contributed by atoms with E-state index in [4.69, 9.17) is 9.47 Å². The summed E-state index contributed by atoms with van der Waals surface area (Å²) in [4.78, 5) is 12.0.